The molecule has 0 unspecified atom stereocenters. The Labute approximate surface area is 165 Å². The van der Waals surface area contributed by atoms with Gasteiger partial charge in [0.15, 0.2) is 0 Å². The second-order valence-electron chi connectivity index (χ2n) is 6.49. The minimum Gasteiger partial charge on any atom is -0.488 e. The molecule has 0 aliphatic heterocycles. The topological polar surface area (TPSA) is 109 Å². The second-order valence-corrected chi connectivity index (χ2v) is 6.49. The molecular formula is C21H19NO7. The lowest BCUT2D eigenvalue weighted by molar-refractivity contribution is -0.384. The van der Waals surface area contributed by atoms with Crippen molar-refractivity contribution in [3.8, 4) is 5.75 Å². The fourth-order valence-electron chi connectivity index (χ4n) is 2.93. The molecule has 2 aromatic carbocycles. The Hall–Kier alpha value is -3.68. The van der Waals surface area contributed by atoms with Gasteiger partial charge in [0.2, 0.25) is 0 Å². The fourth-order valence-corrected chi connectivity index (χ4v) is 2.93. The first kappa shape index (κ1) is 20.1. The van der Waals surface area contributed by atoms with Gasteiger partial charge in [-0.3, -0.25) is 14.9 Å². The van der Waals surface area contributed by atoms with Crippen LogP contribution in [0.1, 0.15) is 23.1 Å². The zero-order chi connectivity index (χ0) is 21.0. The molecule has 0 saturated heterocycles. The number of ether oxygens (including phenoxy) is 2. The number of nitro groups is 1. The van der Waals surface area contributed by atoms with Crippen LogP contribution in [0.5, 0.6) is 5.75 Å². The number of non-ortho nitro benzene ring substituents is 1. The van der Waals surface area contributed by atoms with E-state index in [-0.39, 0.29) is 24.7 Å². The first-order chi connectivity index (χ1) is 13.9. The van der Waals surface area contributed by atoms with Gasteiger partial charge in [0.05, 0.1) is 12.0 Å². The number of hydrogen-bond donors (Lipinski definition) is 0. The van der Waals surface area contributed by atoms with Crippen LogP contribution in [0.2, 0.25) is 0 Å². The number of aryl methyl sites for hydroxylation is 2. The first-order valence-corrected chi connectivity index (χ1v) is 8.87. The van der Waals surface area contributed by atoms with E-state index in [9.17, 15) is 19.7 Å². The van der Waals surface area contributed by atoms with Crippen LogP contribution in [-0.4, -0.2) is 18.0 Å². The average molecular weight is 397 g/mol. The largest absolute Gasteiger partial charge is 0.488 e. The van der Waals surface area contributed by atoms with Crippen LogP contribution in [-0.2, 0) is 22.6 Å². The molecule has 0 atom stereocenters. The highest BCUT2D eigenvalue weighted by Gasteiger charge is 2.13. The molecule has 1 heterocycles. The molecule has 0 saturated carbocycles. The molecule has 3 rings (SSSR count). The highest BCUT2D eigenvalue weighted by atomic mass is 16.6. The number of methoxy groups -OCH3 is 1. The van der Waals surface area contributed by atoms with Crippen molar-refractivity contribution in [2.75, 3.05) is 7.11 Å². The third-order valence-electron chi connectivity index (χ3n) is 4.50. The summed E-state index contributed by atoms with van der Waals surface area (Å²) in [6.45, 7) is 1.96. The van der Waals surface area contributed by atoms with Crippen molar-refractivity contribution >= 4 is 22.6 Å². The van der Waals surface area contributed by atoms with Gasteiger partial charge in [-0.1, -0.05) is 0 Å². The molecule has 0 aliphatic rings. The van der Waals surface area contributed by atoms with Gasteiger partial charge >= 0.3 is 11.6 Å². The summed E-state index contributed by atoms with van der Waals surface area (Å²) < 4.78 is 15.9. The molecule has 8 heteroatoms. The highest BCUT2D eigenvalue weighted by Crippen LogP contribution is 2.29. The summed E-state index contributed by atoms with van der Waals surface area (Å²) in [5.74, 6) is 0.122. The molecule has 29 heavy (non-hydrogen) atoms. The fraction of sp³-hybridized carbons (Fsp3) is 0.238. The van der Waals surface area contributed by atoms with Crippen molar-refractivity contribution in [3.05, 3.63) is 79.7 Å². The Balaban J connectivity index is 1.91. The summed E-state index contributed by atoms with van der Waals surface area (Å²) in [7, 11) is 1.33. The van der Waals surface area contributed by atoms with E-state index in [1.54, 1.807) is 25.1 Å². The highest BCUT2D eigenvalue weighted by molar-refractivity contribution is 5.83. The molecule has 0 bridgehead atoms. The molecule has 0 N–H and O–H groups in total. The van der Waals surface area contributed by atoms with E-state index >= 15 is 0 Å². The summed E-state index contributed by atoms with van der Waals surface area (Å²) in [5, 5.41) is 11.5. The lowest BCUT2D eigenvalue weighted by Gasteiger charge is -2.13. The van der Waals surface area contributed by atoms with Crippen molar-refractivity contribution in [2.24, 2.45) is 0 Å². The van der Waals surface area contributed by atoms with Crippen molar-refractivity contribution in [2.45, 2.75) is 26.4 Å². The number of esters is 1. The minimum absolute atomic E-state index is 0.00419. The van der Waals surface area contributed by atoms with Crippen LogP contribution in [0.3, 0.4) is 0 Å². The number of nitro benzene ring substituents is 1. The van der Waals surface area contributed by atoms with Gasteiger partial charge in [-0.2, -0.15) is 0 Å². The van der Waals surface area contributed by atoms with E-state index in [1.807, 2.05) is 6.07 Å². The van der Waals surface area contributed by atoms with Crippen LogP contribution in [0.25, 0.3) is 11.0 Å². The normalized spacial score (nSPS) is 10.7. The van der Waals surface area contributed by atoms with Gasteiger partial charge in [0.1, 0.15) is 17.9 Å². The van der Waals surface area contributed by atoms with Crippen LogP contribution >= 0.6 is 0 Å². The SMILES string of the molecule is COC(=O)CCc1cc2c(C)cc(=O)oc2cc1OCc1ccc([N+](=O)[O-])cc1. The predicted octanol–water partition coefficient (Wildman–Crippen LogP) is 3.69. The molecule has 8 nitrogen and oxygen atoms in total. The van der Waals surface area contributed by atoms with Gasteiger partial charge in [-0.15, -0.1) is 0 Å². The smallest absolute Gasteiger partial charge is 0.336 e. The Morgan fingerprint density at radius 1 is 1.17 bits per heavy atom. The maximum atomic E-state index is 11.7. The van der Waals surface area contributed by atoms with Crippen LogP contribution in [0.4, 0.5) is 5.69 Å². The number of benzene rings is 2. The molecule has 0 spiro atoms. The molecule has 1 aromatic heterocycles. The van der Waals surface area contributed by atoms with Crippen LogP contribution in [0, 0.1) is 17.0 Å². The number of carbonyl (C=O) groups is 1. The molecule has 0 amide bonds. The third kappa shape index (κ3) is 4.78. The van der Waals surface area contributed by atoms with Gasteiger partial charge in [-0.25, -0.2) is 4.79 Å². The summed E-state index contributed by atoms with van der Waals surface area (Å²) in [6, 6.07) is 10.9. The van der Waals surface area contributed by atoms with E-state index in [0.717, 1.165) is 22.1 Å². The standard InChI is InChI=1S/C21H19NO7/c1-13-9-21(24)29-19-11-18(15(10-17(13)19)5-8-20(23)27-2)28-12-14-3-6-16(7-4-14)22(25)26/h3-4,6-7,9-11H,5,8,12H2,1-2H3. The first-order valence-electron chi connectivity index (χ1n) is 8.87. The number of nitrogens with zero attached hydrogens (tertiary/aromatic N) is 1. The molecule has 0 radical (unpaired) electrons. The number of fused-ring (bicyclic) bond motifs is 1. The predicted molar refractivity (Wildman–Crippen MR) is 105 cm³/mol. The Morgan fingerprint density at radius 3 is 2.55 bits per heavy atom. The summed E-state index contributed by atoms with van der Waals surface area (Å²) in [5.41, 5.74) is 2.18. The number of carbonyl (C=O) groups excluding carboxylic acids is 1. The zero-order valence-corrected chi connectivity index (χ0v) is 16.0. The molecule has 0 aliphatic carbocycles. The Kier molecular flexibility index (Phi) is 5.92. The van der Waals surface area contributed by atoms with Gasteiger partial charge in [0.25, 0.3) is 5.69 Å². The second kappa shape index (κ2) is 8.55. The van der Waals surface area contributed by atoms with E-state index in [1.165, 1.54) is 25.3 Å². The molecule has 150 valence electrons. The summed E-state index contributed by atoms with van der Waals surface area (Å²) in [6.07, 6.45) is 0.558. The van der Waals surface area contributed by atoms with Crippen LogP contribution in [0.15, 0.2) is 51.7 Å². The van der Waals surface area contributed by atoms with E-state index in [0.29, 0.717) is 17.8 Å². The molecular weight excluding hydrogens is 378 g/mol. The monoisotopic (exact) mass is 397 g/mol. The van der Waals surface area contributed by atoms with E-state index in [2.05, 4.69) is 0 Å². The van der Waals surface area contributed by atoms with Crippen molar-refractivity contribution in [1.82, 2.24) is 0 Å². The number of hydrogen-bond acceptors (Lipinski definition) is 7. The lowest BCUT2D eigenvalue weighted by Crippen LogP contribution is -2.05. The van der Waals surface area contributed by atoms with Gasteiger partial charge in [0, 0.05) is 36.1 Å². The minimum atomic E-state index is -0.469. The van der Waals surface area contributed by atoms with Gasteiger partial charge < -0.3 is 13.9 Å². The van der Waals surface area contributed by atoms with Gasteiger partial charge in [-0.05, 0) is 48.2 Å². The quantitative estimate of drug-likeness (QED) is 0.259. The van der Waals surface area contributed by atoms with Crippen molar-refractivity contribution < 1.29 is 23.6 Å². The van der Waals surface area contributed by atoms with Crippen molar-refractivity contribution in [3.63, 3.8) is 0 Å². The summed E-state index contributed by atoms with van der Waals surface area (Å²) in [4.78, 5) is 33.6. The number of rotatable bonds is 7. The third-order valence-corrected chi connectivity index (χ3v) is 4.50. The summed E-state index contributed by atoms with van der Waals surface area (Å²) >= 11 is 0. The maximum Gasteiger partial charge on any atom is 0.336 e. The van der Waals surface area contributed by atoms with E-state index in [4.69, 9.17) is 13.9 Å². The van der Waals surface area contributed by atoms with Crippen molar-refractivity contribution in [1.29, 1.82) is 0 Å². The average Bonchev–Trinajstić information content (AvgIpc) is 2.70. The Morgan fingerprint density at radius 2 is 1.90 bits per heavy atom. The maximum absolute atomic E-state index is 11.7. The Bertz CT molecular complexity index is 1120. The lowest BCUT2D eigenvalue weighted by atomic mass is 10.0. The molecule has 3 aromatic rings. The van der Waals surface area contributed by atoms with Crippen LogP contribution < -0.4 is 10.4 Å². The zero-order valence-electron chi connectivity index (χ0n) is 16.0. The van der Waals surface area contributed by atoms with E-state index < -0.39 is 10.5 Å². The molecule has 0 fully saturated rings.